The highest BCUT2D eigenvalue weighted by molar-refractivity contribution is 6.31. The average molecular weight is 582 g/mol. The number of nitrogens with zero attached hydrogens (tertiary/aromatic N) is 2. The van der Waals surface area contributed by atoms with E-state index in [1.54, 1.807) is 15.9 Å². The van der Waals surface area contributed by atoms with Gasteiger partial charge in [0.25, 0.3) is 5.91 Å². The van der Waals surface area contributed by atoms with Gasteiger partial charge in [0.1, 0.15) is 6.04 Å². The van der Waals surface area contributed by atoms with Gasteiger partial charge in [-0.3, -0.25) is 14.4 Å². The van der Waals surface area contributed by atoms with Gasteiger partial charge in [-0.1, -0.05) is 98.2 Å². The summed E-state index contributed by atoms with van der Waals surface area (Å²) in [5.41, 5.74) is 3.31. The largest absolute Gasteiger partial charge is 0.354 e. The summed E-state index contributed by atoms with van der Waals surface area (Å²) in [5, 5.41) is 5.58. The predicted molar refractivity (Wildman–Crippen MR) is 169 cm³/mol. The Labute approximate surface area is 252 Å². The third-order valence-corrected chi connectivity index (χ3v) is 8.04. The molecule has 0 bridgehead atoms. The van der Waals surface area contributed by atoms with Crippen molar-refractivity contribution >= 4 is 45.8 Å². The molecule has 1 N–H and O–H groups in total. The van der Waals surface area contributed by atoms with Crippen LogP contribution in [-0.2, 0) is 22.6 Å². The molecule has 1 aliphatic heterocycles. The van der Waals surface area contributed by atoms with Crippen molar-refractivity contribution in [2.45, 2.75) is 45.7 Å². The van der Waals surface area contributed by atoms with Gasteiger partial charge in [0, 0.05) is 48.4 Å². The molecule has 0 saturated carbocycles. The monoisotopic (exact) mass is 581 g/mol. The summed E-state index contributed by atoms with van der Waals surface area (Å²) in [6, 6.07) is 28.1. The Morgan fingerprint density at radius 3 is 2.36 bits per heavy atom. The lowest BCUT2D eigenvalue weighted by molar-refractivity contribution is -0.141. The van der Waals surface area contributed by atoms with Gasteiger partial charge in [-0.15, -0.1) is 0 Å². The zero-order valence-corrected chi connectivity index (χ0v) is 24.8. The van der Waals surface area contributed by atoms with Crippen LogP contribution in [0.25, 0.3) is 10.8 Å². The van der Waals surface area contributed by atoms with Crippen LogP contribution in [0.5, 0.6) is 0 Å². The predicted octanol–water partition coefficient (Wildman–Crippen LogP) is 6.65. The molecule has 0 aromatic heterocycles. The molecule has 0 radical (unpaired) electrons. The summed E-state index contributed by atoms with van der Waals surface area (Å²) in [7, 11) is 0. The minimum atomic E-state index is -0.721. The van der Waals surface area contributed by atoms with E-state index in [-0.39, 0.29) is 36.6 Å². The van der Waals surface area contributed by atoms with Gasteiger partial charge in [0.05, 0.1) is 5.69 Å². The molecule has 5 rings (SSSR count). The molecule has 4 aromatic carbocycles. The van der Waals surface area contributed by atoms with Gasteiger partial charge in [-0.2, -0.15) is 0 Å². The van der Waals surface area contributed by atoms with Gasteiger partial charge < -0.3 is 15.1 Å². The van der Waals surface area contributed by atoms with Crippen LogP contribution in [0.3, 0.4) is 0 Å². The minimum Gasteiger partial charge on any atom is -0.354 e. The highest BCUT2D eigenvalue weighted by Gasteiger charge is 2.32. The number of hydrogen-bond donors (Lipinski definition) is 1. The third-order valence-electron chi connectivity index (χ3n) is 7.68. The first-order valence-electron chi connectivity index (χ1n) is 14.5. The standard InChI is InChI=1S/C35H36ClN3O3/c1-24(2)22-37-34(41)31(21-25-11-4-3-5-12-25)39(23-27-13-6-7-17-29(27)36)32(40)19-10-20-38-30-18-9-15-26-14-8-16-28(33(26)30)35(38)42/h3-9,11-18,24,31H,10,19-23H2,1-2H3,(H,37,41)/t31-/m1/s1. The van der Waals surface area contributed by atoms with Crippen LogP contribution in [0, 0.1) is 5.92 Å². The maximum atomic E-state index is 14.0. The first-order chi connectivity index (χ1) is 20.3. The van der Waals surface area contributed by atoms with Crippen LogP contribution in [0.2, 0.25) is 5.02 Å². The Kier molecular flexibility index (Phi) is 9.23. The zero-order valence-electron chi connectivity index (χ0n) is 24.1. The van der Waals surface area contributed by atoms with Gasteiger partial charge in [0.2, 0.25) is 11.8 Å². The molecule has 0 saturated heterocycles. The van der Waals surface area contributed by atoms with Crippen molar-refractivity contribution in [2.24, 2.45) is 5.92 Å². The number of rotatable bonds is 12. The molecule has 6 nitrogen and oxygen atoms in total. The quantitative estimate of drug-likeness (QED) is 0.204. The number of halogens is 1. The van der Waals surface area contributed by atoms with E-state index in [2.05, 4.69) is 5.32 Å². The van der Waals surface area contributed by atoms with E-state index >= 15 is 0 Å². The minimum absolute atomic E-state index is 0.0443. The van der Waals surface area contributed by atoms with E-state index in [0.29, 0.717) is 36.5 Å². The van der Waals surface area contributed by atoms with E-state index in [1.165, 1.54) is 0 Å². The van der Waals surface area contributed by atoms with Crippen LogP contribution in [-0.4, -0.2) is 41.8 Å². The maximum Gasteiger partial charge on any atom is 0.258 e. The first-order valence-corrected chi connectivity index (χ1v) is 14.9. The number of benzene rings is 4. The van der Waals surface area contributed by atoms with Crippen molar-refractivity contribution in [1.29, 1.82) is 0 Å². The summed E-state index contributed by atoms with van der Waals surface area (Å²) in [4.78, 5) is 44.3. The third kappa shape index (κ3) is 6.50. The normalized spacial score (nSPS) is 13.0. The summed E-state index contributed by atoms with van der Waals surface area (Å²) >= 11 is 6.53. The SMILES string of the molecule is CC(C)CNC(=O)[C@@H](Cc1ccccc1)N(Cc1ccccc1Cl)C(=O)CCCN1C(=O)c2cccc3cccc1c23. The lowest BCUT2D eigenvalue weighted by Gasteiger charge is -2.32. The van der Waals surface area contributed by atoms with Crippen LogP contribution >= 0.6 is 11.6 Å². The zero-order chi connectivity index (χ0) is 29.6. The molecule has 1 heterocycles. The van der Waals surface area contributed by atoms with E-state index in [1.807, 2.05) is 98.8 Å². The van der Waals surface area contributed by atoms with Crippen molar-refractivity contribution in [2.75, 3.05) is 18.0 Å². The Morgan fingerprint density at radius 2 is 1.62 bits per heavy atom. The molecule has 4 aromatic rings. The number of amides is 3. The molecular weight excluding hydrogens is 546 g/mol. The van der Waals surface area contributed by atoms with Crippen molar-refractivity contribution in [3.63, 3.8) is 0 Å². The van der Waals surface area contributed by atoms with Crippen LogP contribution < -0.4 is 10.2 Å². The van der Waals surface area contributed by atoms with E-state index in [0.717, 1.165) is 27.6 Å². The molecule has 216 valence electrons. The van der Waals surface area contributed by atoms with Crippen molar-refractivity contribution in [3.05, 3.63) is 113 Å². The molecule has 3 amide bonds. The van der Waals surface area contributed by atoms with Crippen LogP contribution in [0.1, 0.15) is 48.2 Å². The molecule has 1 atom stereocenters. The second kappa shape index (κ2) is 13.2. The number of hydrogen-bond acceptors (Lipinski definition) is 3. The van der Waals surface area contributed by atoms with Gasteiger partial charge in [-0.25, -0.2) is 0 Å². The number of carbonyl (C=O) groups is 3. The Morgan fingerprint density at radius 1 is 0.905 bits per heavy atom. The summed E-state index contributed by atoms with van der Waals surface area (Å²) in [6.45, 7) is 5.20. The Hall–Kier alpha value is -4.16. The Balaban J connectivity index is 1.38. The fourth-order valence-electron chi connectivity index (χ4n) is 5.52. The molecule has 7 heteroatoms. The first kappa shape index (κ1) is 29.3. The van der Waals surface area contributed by atoms with Gasteiger partial charge >= 0.3 is 0 Å². The second-order valence-corrected chi connectivity index (χ2v) is 11.6. The van der Waals surface area contributed by atoms with Gasteiger partial charge in [0.15, 0.2) is 0 Å². The summed E-state index contributed by atoms with van der Waals surface area (Å²) < 4.78 is 0. The molecule has 0 fully saturated rings. The topological polar surface area (TPSA) is 69.7 Å². The number of carbonyl (C=O) groups excluding carboxylic acids is 3. The van der Waals surface area contributed by atoms with E-state index in [9.17, 15) is 14.4 Å². The van der Waals surface area contributed by atoms with Crippen molar-refractivity contribution < 1.29 is 14.4 Å². The molecule has 1 aliphatic rings. The lowest BCUT2D eigenvalue weighted by atomic mass is 10.0. The summed E-state index contributed by atoms with van der Waals surface area (Å²) in [6.07, 6.45) is 1.02. The average Bonchev–Trinajstić information content (AvgIpc) is 3.27. The van der Waals surface area contributed by atoms with Crippen molar-refractivity contribution in [1.82, 2.24) is 10.2 Å². The van der Waals surface area contributed by atoms with Gasteiger partial charge in [-0.05, 0) is 47.1 Å². The molecule has 0 aliphatic carbocycles. The lowest BCUT2D eigenvalue weighted by Crippen LogP contribution is -2.51. The van der Waals surface area contributed by atoms with E-state index in [4.69, 9.17) is 11.6 Å². The number of nitrogens with one attached hydrogen (secondary N) is 1. The smallest absolute Gasteiger partial charge is 0.258 e. The fourth-order valence-corrected chi connectivity index (χ4v) is 5.72. The van der Waals surface area contributed by atoms with Crippen molar-refractivity contribution in [3.8, 4) is 0 Å². The highest BCUT2D eigenvalue weighted by atomic mass is 35.5. The molecule has 0 spiro atoms. The summed E-state index contributed by atoms with van der Waals surface area (Å²) in [5.74, 6) is -0.120. The number of anilines is 1. The Bertz CT molecular complexity index is 1580. The fraction of sp³-hybridized carbons (Fsp3) is 0.286. The maximum absolute atomic E-state index is 14.0. The van der Waals surface area contributed by atoms with Crippen LogP contribution in [0.15, 0.2) is 91.0 Å². The van der Waals surface area contributed by atoms with E-state index < -0.39 is 6.04 Å². The second-order valence-electron chi connectivity index (χ2n) is 11.2. The molecular formula is C35H36ClN3O3. The van der Waals surface area contributed by atoms with Crippen LogP contribution in [0.4, 0.5) is 5.69 Å². The highest BCUT2D eigenvalue weighted by Crippen LogP contribution is 2.37. The molecule has 42 heavy (non-hydrogen) atoms. The molecule has 0 unspecified atom stereocenters.